The number of aromatic nitrogens is 2. The van der Waals surface area contributed by atoms with Crippen LogP contribution in [0.15, 0.2) is 42.9 Å². The SMILES string of the molecule is O=C(CN1CCC(Oc2cccnc2-c2ccncc2)CC1)N1CCOCC1. The molecule has 0 saturated carbocycles. The number of nitrogens with zero attached hydrogens (tertiary/aromatic N) is 4. The van der Waals surface area contributed by atoms with Crippen molar-refractivity contribution in [3.05, 3.63) is 42.9 Å². The van der Waals surface area contributed by atoms with Gasteiger partial charge in [0.15, 0.2) is 0 Å². The normalized spacial score (nSPS) is 18.8. The van der Waals surface area contributed by atoms with Crippen LogP contribution in [-0.2, 0) is 9.53 Å². The Hall–Kier alpha value is -2.51. The molecule has 1 amide bonds. The maximum Gasteiger partial charge on any atom is 0.236 e. The van der Waals surface area contributed by atoms with Gasteiger partial charge in [0.2, 0.25) is 5.91 Å². The monoisotopic (exact) mass is 382 g/mol. The van der Waals surface area contributed by atoms with E-state index in [1.807, 2.05) is 29.2 Å². The number of carbonyl (C=O) groups is 1. The van der Waals surface area contributed by atoms with Crippen molar-refractivity contribution in [2.45, 2.75) is 18.9 Å². The van der Waals surface area contributed by atoms with Crippen LogP contribution in [0.3, 0.4) is 0 Å². The zero-order valence-electron chi connectivity index (χ0n) is 16.0. The van der Waals surface area contributed by atoms with E-state index in [1.54, 1.807) is 18.6 Å². The number of pyridine rings is 2. The first-order valence-corrected chi connectivity index (χ1v) is 9.89. The van der Waals surface area contributed by atoms with E-state index in [0.717, 1.165) is 42.9 Å². The molecule has 2 aliphatic rings. The summed E-state index contributed by atoms with van der Waals surface area (Å²) in [6, 6.07) is 7.75. The Labute approximate surface area is 165 Å². The molecular weight excluding hydrogens is 356 g/mol. The highest BCUT2D eigenvalue weighted by atomic mass is 16.5. The van der Waals surface area contributed by atoms with Gasteiger partial charge < -0.3 is 14.4 Å². The Morgan fingerprint density at radius 2 is 1.82 bits per heavy atom. The molecule has 0 bridgehead atoms. The van der Waals surface area contributed by atoms with E-state index in [2.05, 4.69) is 14.9 Å². The third-order valence-electron chi connectivity index (χ3n) is 5.28. The maximum atomic E-state index is 12.4. The fourth-order valence-corrected chi connectivity index (χ4v) is 3.68. The van der Waals surface area contributed by atoms with Crippen LogP contribution >= 0.6 is 0 Å². The van der Waals surface area contributed by atoms with E-state index in [4.69, 9.17) is 9.47 Å². The van der Waals surface area contributed by atoms with Gasteiger partial charge in [-0.25, -0.2) is 0 Å². The summed E-state index contributed by atoms with van der Waals surface area (Å²) in [7, 11) is 0. The molecule has 0 aromatic carbocycles. The van der Waals surface area contributed by atoms with Crippen molar-refractivity contribution in [1.29, 1.82) is 0 Å². The number of piperidine rings is 1. The van der Waals surface area contributed by atoms with Gasteiger partial charge in [-0.05, 0) is 37.1 Å². The standard InChI is InChI=1S/C21H26N4O3/c26-20(25-12-14-27-15-13-25)16-24-10-5-18(6-11-24)28-19-2-1-7-23-21(19)17-3-8-22-9-4-17/h1-4,7-9,18H,5-6,10-16H2. The molecule has 0 atom stereocenters. The Kier molecular flexibility index (Phi) is 6.14. The Morgan fingerprint density at radius 3 is 2.57 bits per heavy atom. The summed E-state index contributed by atoms with van der Waals surface area (Å²) in [4.78, 5) is 25.1. The zero-order valence-corrected chi connectivity index (χ0v) is 16.0. The van der Waals surface area contributed by atoms with Crippen LogP contribution in [0.2, 0.25) is 0 Å². The highest BCUT2D eigenvalue weighted by Gasteiger charge is 2.25. The summed E-state index contributed by atoms with van der Waals surface area (Å²) < 4.78 is 11.6. The molecule has 2 aromatic rings. The quantitative estimate of drug-likeness (QED) is 0.786. The van der Waals surface area contributed by atoms with Gasteiger partial charge in [-0.2, -0.15) is 0 Å². The summed E-state index contributed by atoms with van der Waals surface area (Å²) in [5, 5.41) is 0. The topological polar surface area (TPSA) is 67.8 Å². The lowest BCUT2D eigenvalue weighted by molar-refractivity contribution is -0.136. The number of likely N-dealkylation sites (tertiary alicyclic amines) is 1. The third kappa shape index (κ3) is 4.66. The molecule has 28 heavy (non-hydrogen) atoms. The van der Waals surface area contributed by atoms with E-state index in [1.165, 1.54) is 0 Å². The zero-order chi connectivity index (χ0) is 19.2. The molecule has 148 valence electrons. The van der Waals surface area contributed by atoms with Crippen LogP contribution in [0, 0.1) is 0 Å². The smallest absolute Gasteiger partial charge is 0.236 e. The summed E-state index contributed by atoms with van der Waals surface area (Å²) >= 11 is 0. The van der Waals surface area contributed by atoms with Crippen LogP contribution in [0.25, 0.3) is 11.3 Å². The van der Waals surface area contributed by atoms with Gasteiger partial charge in [0, 0.05) is 50.3 Å². The second kappa shape index (κ2) is 9.12. The van der Waals surface area contributed by atoms with Crippen molar-refractivity contribution < 1.29 is 14.3 Å². The largest absolute Gasteiger partial charge is 0.488 e. The number of carbonyl (C=O) groups excluding carboxylic acids is 1. The van der Waals surface area contributed by atoms with Gasteiger partial charge in [0.05, 0.1) is 19.8 Å². The fraction of sp³-hybridized carbons (Fsp3) is 0.476. The first kappa shape index (κ1) is 18.8. The first-order valence-electron chi connectivity index (χ1n) is 9.89. The first-order chi connectivity index (χ1) is 13.8. The number of ether oxygens (including phenoxy) is 2. The molecule has 2 fully saturated rings. The number of hydrogen-bond donors (Lipinski definition) is 0. The van der Waals surface area contributed by atoms with Gasteiger partial charge >= 0.3 is 0 Å². The lowest BCUT2D eigenvalue weighted by Gasteiger charge is -2.34. The van der Waals surface area contributed by atoms with Crippen LogP contribution in [0.1, 0.15) is 12.8 Å². The molecule has 2 saturated heterocycles. The van der Waals surface area contributed by atoms with Gasteiger partial charge in [-0.15, -0.1) is 0 Å². The lowest BCUT2D eigenvalue weighted by atomic mass is 10.1. The summed E-state index contributed by atoms with van der Waals surface area (Å²) in [5.74, 6) is 1.01. The summed E-state index contributed by atoms with van der Waals surface area (Å²) in [6.07, 6.45) is 7.25. The predicted octanol–water partition coefficient (Wildman–Crippen LogP) is 1.85. The average molecular weight is 382 g/mol. The molecule has 0 aliphatic carbocycles. The molecule has 7 nitrogen and oxygen atoms in total. The molecule has 0 spiro atoms. The van der Waals surface area contributed by atoms with Crippen LogP contribution < -0.4 is 4.74 Å². The maximum absolute atomic E-state index is 12.4. The van der Waals surface area contributed by atoms with E-state index in [9.17, 15) is 4.79 Å². The van der Waals surface area contributed by atoms with Crippen LogP contribution in [0.4, 0.5) is 0 Å². The van der Waals surface area contributed by atoms with Gasteiger partial charge in [-0.3, -0.25) is 19.7 Å². The minimum absolute atomic E-state index is 0.138. The number of morpholine rings is 1. The second-order valence-electron chi connectivity index (χ2n) is 7.17. The van der Waals surface area contributed by atoms with E-state index in [-0.39, 0.29) is 12.0 Å². The molecule has 0 radical (unpaired) electrons. The minimum Gasteiger partial charge on any atom is -0.488 e. The van der Waals surface area contributed by atoms with Crippen LogP contribution in [0.5, 0.6) is 5.75 Å². The van der Waals surface area contributed by atoms with Crippen LogP contribution in [-0.4, -0.2) is 77.7 Å². The van der Waals surface area contributed by atoms with Gasteiger partial charge in [0.25, 0.3) is 0 Å². The minimum atomic E-state index is 0.138. The van der Waals surface area contributed by atoms with Crippen molar-refractivity contribution in [3.8, 4) is 17.0 Å². The number of amides is 1. The lowest BCUT2D eigenvalue weighted by Crippen LogP contribution is -2.48. The van der Waals surface area contributed by atoms with E-state index >= 15 is 0 Å². The second-order valence-corrected chi connectivity index (χ2v) is 7.17. The predicted molar refractivity (Wildman–Crippen MR) is 105 cm³/mol. The molecule has 2 aromatic heterocycles. The van der Waals surface area contributed by atoms with Crippen molar-refractivity contribution in [1.82, 2.24) is 19.8 Å². The highest BCUT2D eigenvalue weighted by molar-refractivity contribution is 5.78. The van der Waals surface area contributed by atoms with Crippen molar-refractivity contribution in [3.63, 3.8) is 0 Å². The van der Waals surface area contributed by atoms with Gasteiger partial charge in [-0.1, -0.05) is 0 Å². The third-order valence-corrected chi connectivity index (χ3v) is 5.28. The summed E-state index contributed by atoms with van der Waals surface area (Å²) in [5.41, 5.74) is 1.84. The average Bonchev–Trinajstić information content (AvgIpc) is 2.77. The number of rotatable bonds is 5. The molecule has 0 N–H and O–H groups in total. The molecule has 4 rings (SSSR count). The van der Waals surface area contributed by atoms with Crippen molar-refractivity contribution in [2.24, 2.45) is 0 Å². The fourth-order valence-electron chi connectivity index (χ4n) is 3.68. The van der Waals surface area contributed by atoms with E-state index < -0.39 is 0 Å². The Balaban J connectivity index is 1.31. The van der Waals surface area contributed by atoms with Crippen molar-refractivity contribution in [2.75, 3.05) is 45.9 Å². The molecule has 4 heterocycles. The Morgan fingerprint density at radius 1 is 1.07 bits per heavy atom. The Bertz CT molecular complexity index is 772. The molecule has 0 unspecified atom stereocenters. The highest BCUT2D eigenvalue weighted by Crippen LogP contribution is 2.29. The molecule has 7 heteroatoms. The van der Waals surface area contributed by atoms with Crippen molar-refractivity contribution >= 4 is 5.91 Å². The van der Waals surface area contributed by atoms with Gasteiger partial charge in [0.1, 0.15) is 17.5 Å². The summed E-state index contributed by atoms with van der Waals surface area (Å²) in [6.45, 7) is 4.92. The molecule has 2 aliphatic heterocycles. The van der Waals surface area contributed by atoms with E-state index in [0.29, 0.717) is 32.8 Å². The molecular formula is C21H26N4O3. The number of hydrogen-bond acceptors (Lipinski definition) is 6.